The molecule has 1 rings (SSSR count). The van der Waals surface area contributed by atoms with E-state index in [4.69, 9.17) is 0 Å². The second-order valence-corrected chi connectivity index (χ2v) is 4.48. The number of hydrogen-bond acceptors (Lipinski definition) is 2. The summed E-state index contributed by atoms with van der Waals surface area (Å²) in [5.41, 5.74) is 0. The first-order valence-electron chi connectivity index (χ1n) is 5.69. The molecule has 0 amide bonds. The Morgan fingerprint density at radius 1 is 1.38 bits per heavy atom. The molecule has 0 aromatic heterocycles. The molecule has 1 atom stereocenters. The van der Waals surface area contributed by atoms with Gasteiger partial charge in [-0.2, -0.15) is 0 Å². The van der Waals surface area contributed by atoms with Crippen LogP contribution in [-0.4, -0.2) is 25.2 Å². The van der Waals surface area contributed by atoms with Crippen LogP contribution in [0.4, 0.5) is 0 Å². The Morgan fingerprint density at radius 2 is 2.08 bits per heavy atom. The van der Waals surface area contributed by atoms with Crippen LogP contribution in [0.3, 0.4) is 0 Å². The maximum Gasteiger partial charge on any atom is 0.00721 e. The normalized spacial score (nSPS) is 29.8. The van der Waals surface area contributed by atoms with Gasteiger partial charge in [-0.3, -0.25) is 0 Å². The van der Waals surface area contributed by atoms with Gasteiger partial charge in [0.25, 0.3) is 0 Å². The summed E-state index contributed by atoms with van der Waals surface area (Å²) in [7, 11) is 0. The van der Waals surface area contributed by atoms with Crippen LogP contribution in [0, 0.1) is 5.92 Å². The van der Waals surface area contributed by atoms with Gasteiger partial charge in [0.15, 0.2) is 0 Å². The fourth-order valence-electron chi connectivity index (χ4n) is 2.02. The molecule has 1 saturated carbocycles. The highest BCUT2D eigenvalue weighted by molar-refractivity contribution is 4.82. The lowest BCUT2D eigenvalue weighted by molar-refractivity contribution is 0.239. The highest BCUT2D eigenvalue weighted by Gasteiger charge is 2.24. The smallest absolute Gasteiger partial charge is 0.00721 e. The molecule has 1 aliphatic rings. The van der Waals surface area contributed by atoms with Crippen LogP contribution in [0.25, 0.3) is 0 Å². The number of nitrogens with one attached hydrogen (secondary N) is 2. The monoisotopic (exact) mass is 184 g/mol. The number of rotatable bonds is 6. The van der Waals surface area contributed by atoms with Crippen molar-refractivity contribution in [3.63, 3.8) is 0 Å². The van der Waals surface area contributed by atoms with Gasteiger partial charge in [0.1, 0.15) is 0 Å². The van der Waals surface area contributed by atoms with Crippen LogP contribution in [-0.2, 0) is 0 Å². The van der Waals surface area contributed by atoms with Crippen LogP contribution in [0.15, 0.2) is 0 Å². The van der Waals surface area contributed by atoms with E-state index < -0.39 is 0 Å². The van der Waals surface area contributed by atoms with E-state index in [0.717, 1.165) is 18.5 Å². The minimum atomic E-state index is 0.662. The molecular weight excluding hydrogens is 160 g/mol. The molecular formula is C11H24N2. The van der Waals surface area contributed by atoms with Crippen molar-refractivity contribution in [2.45, 2.75) is 52.1 Å². The molecule has 0 bridgehead atoms. The molecule has 0 saturated heterocycles. The van der Waals surface area contributed by atoms with Crippen molar-refractivity contribution in [3.8, 4) is 0 Å². The van der Waals surface area contributed by atoms with E-state index in [1.165, 1.54) is 25.8 Å². The summed E-state index contributed by atoms with van der Waals surface area (Å²) in [6.45, 7) is 9.01. The van der Waals surface area contributed by atoms with Gasteiger partial charge in [0.2, 0.25) is 0 Å². The molecule has 1 aliphatic carbocycles. The van der Waals surface area contributed by atoms with Crippen molar-refractivity contribution in [1.29, 1.82) is 0 Å². The van der Waals surface area contributed by atoms with E-state index in [9.17, 15) is 0 Å². The summed E-state index contributed by atoms with van der Waals surface area (Å²) in [6, 6.07) is 1.49. The zero-order valence-corrected chi connectivity index (χ0v) is 9.27. The van der Waals surface area contributed by atoms with Gasteiger partial charge in [-0.05, 0) is 45.2 Å². The first-order valence-corrected chi connectivity index (χ1v) is 5.69. The maximum atomic E-state index is 3.60. The van der Waals surface area contributed by atoms with Gasteiger partial charge < -0.3 is 10.6 Å². The van der Waals surface area contributed by atoms with Crippen LogP contribution >= 0.6 is 0 Å². The summed E-state index contributed by atoms with van der Waals surface area (Å²) in [5, 5.41) is 7.02. The highest BCUT2D eigenvalue weighted by atomic mass is 14.9. The largest absolute Gasteiger partial charge is 0.314 e. The minimum Gasteiger partial charge on any atom is -0.314 e. The average molecular weight is 184 g/mol. The summed E-state index contributed by atoms with van der Waals surface area (Å²) in [5.74, 6) is 0.962. The zero-order valence-electron chi connectivity index (χ0n) is 9.27. The molecule has 0 aromatic rings. The number of hydrogen-bond donors (Lipinski definition) is 2. The third-order valence-electron chi connectivity index (χ3n) is 2.94. The van der Waals surface area contributed by atoms with Gasteiger partial charge in [0.05, 0.1) is 0 Å². The maximum absolute atomic E-state index is 3.60. The van der Waals surface area contributed by atoms with E-state index >= 15 is 0 Å². The van der Waals surface area contributed by atoms with E-state index in [1.54, 1.807) is 0 Å². The second-order valence-electron chi connectivity index (χ2n) is 4.48. The molecule has 2 heteroatoms. The molecule has 1 fully saturated rings. The van der Waals surface area contributed by atoms with Crippen molar-refractivity contribution in [1.82, 2.24) is 10.6 Å². The van der Waals surface area contributed by atoms with Crippen LogP contribution in [0.1, 0.15) is 40.0 Å². The Hall–Kier alpha value is -0.0800. The fraction of sp³-hybridized carbons (Fsp3) is 1.00. The Labute approximate surface area is 82.5 Å². The molecule has 0 aromatic carbocycles. The summed E-state index contributed by atoms with van der Waals surface area (Å²) in [4.78, 5) is 0. The molecule has 0 spiro atoms. The van der Waals surface area contributed by atoms with E-state index in [0.29, 0.717) is 6.04 Å². The van der Waals surface area contributed by atoms with Crippen LogP contribution < -0.4 is 10.6 Å². The van der Waals surface area contributed by atoms with Gasteiger partial charge in [0, 0.05) is 12.1 Å². The quantitative estimate of drug-likeness (QED) is 0.657. The first-order chi connectivity index (χ1) is 6.22. The molecule has 78 valence electrons. The van der Waals surface area contributed by atoms with Crippen molar-refractivity contribution < 1.29 is 0 Å². The fourth-order valence-corrected chi connectivity index (χ4v) is 2.02. The Balaban J connectivity index is 1.89. The SMILES string of the molecule is CCNC(C)CCNC1CC(C)C1. The second kappa shape index (κ2) is 5.61. The van der Waals surface area contributed by atoms with Gasteiger partial charge >= 0.3 is 0 Å². The molecule has 0 radical (unpaired) electrons. The summed E-state index contributed by atoms with van der Waals surface area (Å²) in [6.07, 6.45) is 4.02. The van der Waals surface area contributed by atoms with Crippen molar-refractivity contribution in [2.24, 2.45) is 5.92 Å². The molecule has 0 aliphatic heterocycles. The Morgan fingerprint density at radius 3 is 2.62 bits per heavy atom. The standard InChI is InChI=1S/C11H24N2/c1-4-12-10(3)5-6-13-11-7-9(2)8-11/h9-13H,4-8H2,1-3H3. The van der Waals surface area contributed by atoms with Gasteiger partial charge in [-0.15, -0.1) is 0 Å². The lowest BCUT2D eigenvalue weighted by Crippen LogP contribution is -2.42. The van der Waals surface area contributed by atoms with Crippen molar-refractivity contribution in [2.75, 3.05) is 13.1 Å². The third-order valence-corrected chi connectivity index (χ3v) is 2.94. The molecule has 2 nitrogen and oxygen atoms in total. The van der Waals surface area contributed by atoms with Gasteiger partial charge in [-0.25, -0.2) is 0 Å². The zero-order chi connectivity index (χ0) is 9.68. The predicted molar refractivity (Wildman–Crippen MR) is 57.9 cm³/mol. The van der Waals surface area contributed by atoms with E-state index in [-0.39, 0.29) is 0 Å². The van der Waals surface area contributed by atoms with E-state index in [2.05, 4.69) is 31.4 Å². The van der Waals surface area contributed by atoms with Crippen LogP contribution in [0.2, 0.25) is 0 Å². The lowest BCUT2D eigenvalue weighted by atomic mass is 9.82. The van der Waals surface area contributed by atoms with Crippen molar-refractivity contribution >= 4 is 0 Å². The molecule has 1 unspecified atom stereocenters. The Kier molecular flexibility index (Phi) is 4.74. The predicted octanol–water partition coefficient (Wildman–Crippen LogP) is 1.76. The average Bonchev–Trinajstić information content (AvgIpc) is 2.01. The van der Waals surface area contributed by atoms with Crippen LogP contribution in [0.5, 0.6) is 0 Å². The minimum absolute atomic E-state index is 0.662. The molecule has 0 heterocycles. The van der Waals surface area contributed by atoms with E-state index in [1.807, 2.05) is 0 Å². The first kappa shape index (κ1) is 11.0. The van der Waals surface area contributed by atoms with Gasteiger partial charge in [-0.1, -0.05) is 13.8 Å². The summed E-state index contributed by atoms with van der Waals surface area (Å²) < 4.78 is 0. The lowest BCUT2D eigenvalue weighted by Gasteiger charge is -2.33. The summed E-state index contributed by atoms with van der Waals surface area (Å²) >= 11 is 0. The van der Waals surface area contributed by atoms with Crippen molar-refractivity contribution in [3.05, 3.63) is 0 Å². The molecule has 13 heavy (non-hydrogen) atoms. The topological polar surface area (TPSA) is 24.1 Å². The third kappa shape index (κ3) is 4.10. The Bertz CT molecular complexity index is 125. The molecule has 2 N–H and O–H groups in total. The highest BCUT2D eigenvalue weighted by Crippen LogP contribution is 2.25.